The normalized spacial score (nSPS) is 10.0. The average Bonchev–Trinajstić information content (AvgIpc) is 2.50. The summed E-state index contributed by atoms with van der Waals surface area (Å²) in [6.45, 7) is 2.90. The van der Waals surface area contributed by atoms with Crippen molar-refractivity contribution < 1.29 is 19.1 Å². The second-order valence-electron chi connectivity index (χ2n) is 4.91. The number of ether oxygens (including phenoxy) is 2. The van der Waals surface area contributed by atoms with Crippen LogP contribution in [0.15, 0.2) is 24.3 Å². The summed E-state index contributed by atoms with van der Waals surface area (Å²) < 4.78 is 10.1. The summed E-state index contributed by atoms with van der Waals surface area (Å²) in [7, 11) is 3.03. The molecule has 0 aliphatic carbocycles. The third-order valence-corrected chi connectivity index (χ3v) is 3.13. The Morgan fingerprint density at radius 1 is 1.14 bits per heavy atom. The van der Waals surface area contributed by atoms with Crippen LogP contribution in [-0.4, -0.2) is 44.1 Å². The third-order valence-electron chi connectivity index (χ3n) is 3.13. The van der Waals surface area contributed by atoms with Crippen LogP contribution in [-0.2, 0) is 14.3 Å². The first-order valence-electron chi connectivity index (χ1n) is 7.03. The Hall–Kier alpha value is -2.04. The van der Waals surface area contributed by atoms with Gasteiger partial charge in [0.25, 0.3) is 0 Å². The highest BCUT2D eigenvalue weighted by Crippen LogP contribution is 2.11. The molecule has 0 fully saturated rings. The van der Waals surface area contributed by atoms with E-state index in [-0.39, 0.29) is 18.3 Å². The molecule has 5 nitrogen and oxygen atoms in total. The van der Waals surface area contributed by atoms with Gasteiger partial charge in [0.2, 0.25) is 5.91 Å². The predicted molar refractivity (Wildman–Crippen MR) is 80.2 cm³/mol. The Morgan fingerprint density at radius 3 is 2.43 bits per heavy atom. The minimum Gasteiger partial charge on any atom is -0.494 e. The molecule has 1 aromatic rings. The summed E-state index contributed by atoms with van der Waals surface area (Å²) in [5.74, 6) is 0.510. The van der Waals surface area contributed by atoms with E-state index in [2.05, 4.69) is 4.74 Å². The zero-order chi connectivity index (χ0) is 15.7. The van der Waals surface area contributed by atoms with Gasteiger partial charge in [0.05, 0.1) is 20.1 Å². The van der Waals surface area contributed by atoms with E-state index in [4.69, 9.17) is 4.74 Å². The van der Waals surface area contributed by atoms with Gasteiger partial charge in [-0.05, 0) is 25.5 Å². The van der Waals surface area contributed by atoms with E-state index in [9.17, 15) is 9.59 Å². The van der Waals surface area contributed by atoms with Gasteiger partial charge >= 0.3 is 5.97 Å². The van der Waals surface area contributed by atoms with Crippen molar-refractivity contribution in [3.8, 4) is 5.75 Å². The third kappa shape index (κ3) is 6.79. The van der Waals surface area contributed by atoms with Crippen LogP contribution in [0.2, 0.25) is 0 Å². The molecular weight excluding hydrogens is 270 g/mol. The Labute approximate surface area is 125 Å². The summed E-state index contributed by atoms with van der Waals surface area (Å²) in [6, 6.07) is 7.81. The predicted octanol–water partition coefficient (Wildman–Crippen LogP) is 2.18. The Balaban J connectivity index is 2.17. The highest BCUT2D eigenvalue weighted by Gasteiger charge is 2.10. The van der Waals surface area contributed by atoms with Crippen LogP contribution in [0, 0.1) is 6.92 Å². The number of hydrogen-bond acceptors (Lipinski definition) is 4. The SMILES string of the molecule is COC(=O)CCN(C)C(=O)CCCOc1ccc(C)cc1. The lowest BCUT2D eigenvalue weighted by Crippen LogP contribution is -2.29. The maximum atomic E-state index is 11.8. The first kappa shape index (κ1) is 17.0. The van der Waals surface area contributed by atoms with Crippen LogP contribution in [0.25, 0.3) is 0 Å². The number of aryl methyl sites for hydroxylation is 1. The molecule has 0 aliphatic heterocycles. The van der Waals surface area contributed by atoms with Gasteiger partial charge in [-0.25, -0.2) is 0 Å². The molecule has 0 saturated carbocycles. The number of esters is 1. The fourth-order valence-corrected chi connectivity index (χ4v) is 1.72. The Bertz CT molecular complexity index is 456. The average molecular weight is 293 g/mol. The molecule has 0 saturated heterocycles. The van der Waals surface area contributed by atoms with Gasteiger partial charge < -0.3 is 14.4 Å². The first-order chi connectivity index (χ1) is 10.0. The smallest absolute Gasteiger partial charge is 0.307 e. The van der Waals surface area contributed by atoms with Crippen LogP contribution in [0.3, 0.4) is 0 Å². The van der Waals surface area contributed by atoms with Crippen LogP contribution >= 0.6 is 0 Å². The van der Waals surface area contributed by atoms with Crippen molar-refractivity contribution in [2.75, 3.05) is 27.3 Å². The van der Waals surface area contributed by atoms with Gasteiger partial charge in [-0.3, -0.25) is 9.59 Å². The molecule has 1 aromatic carbocycles. The lowest BCUT2D eigenvalue weighted by atomic mass is 10.2. The van der Waals surface area contributed by atoms with Gasteiger partial charge in [-0.2, -0.15) is 0 Å². The van der Waals surface area contributed by atoms with E-state index in [0.29, 0.717) is 26.0 Å². The second kappa shape index (κ2) is 9.00. The van der Waals surface area contributed by atoms with E-state index in [0.717, 1.165) is 5.75 Å². The van der Waals surface area contributed by atoms with Crippen molar-refractivity contribution in [1.82, 2.24) is 4.90 Å². The number of methoxy groups -OCH3 is 1. The summed E-state index contributed by atoms with van der Waals surface area (Å²) in [5.41, 5.74) is 1.18. The van der Waals surface area contributed by atoms with E-state index in [1.165, 1.54) is 12.7 Å². The fraction of sp³-hybridized carbons (Fsp3) is 0.500. The topological polar surface area (TPSA) is 55.8 Å². The number of rotatable bonds is 8. The molecule has 0 heterocycles. The summed E-state index contributed by atoms with van der Waals surface area (Å²) >= 11 is 0. The van der Waals surface area contributed by atoms with Crippen molar-refractivity contribution in [3.05, 3.63) is 29.8 Å². The molecule has 0 N–H and O–H groups in total. The van der Waals surface area contributed by atoms with E-state index >= 15 is 0 Å². The lowest BCUT2D eigenvalue weighted by Gasteiger charge is -2.16. The van der Waals surface area contributed by atoms with Gasteiger partial charge in [-0.15, -0.1) is 0 Å². The molecule has 0 atom stereocenters. The van der Waals surface area contributed by atoms with Gasteiger partial charge in [-0.1, -0.05) is 17.7 Å². The largest absolute Gasteiger partial charge is 0.494 e. The van der Waals surface area contributed by atoms with Crippen molar-refractivity contribution in [2.24, 2.45) is 0 Å². The molecule has 21 heavy (non-hydrogen) atoms. The zero-order valence-electron chi connectivity index (χ0n) is 12.9. The molecule has 0 radical (unpaired) electrons. The number of amides is 1. The molecule has 1 amide bonds. The zero-order valence-corrected chi connectivity index (χ0v) is 12.9. The molecule has 0 bridgehead atoms. The molecule has 0 spiro atoms. The second-order valence-corrected chi connectivity index (χ2v) is 4.91. The molecule has 1 rings (SSSR count). The molecule has 5 heteroatoms. The van der Waals surface area contributed by atoms with Crippen LogP contribution in [0.1, 0.15) is 24.8 Å². The maximum Gasteiger partial charge on any atom is 0.307 e. The van der Waals surface area contributed by atoms with Crippen molar-refractivity contribution in [1.29, 1.82) is 0 Å². The molecule has 0 aliphatic rings. The van der Waals surface area contributed by atoms with Crippen molar-refractivity contribution in [2.45, 2.75) is 26.2 Å². The maximum absolute atomic E-state index is 11.8. The number of benzene rings is 1. The Morgan fingerprint density at radius 2 is 1.81 bits per heavy atom. The summed E-state index contributed by atoms with van der Waals surface area (Å²) in [6.07, 6.45) is 1.28. The molecular formula is C16H23NO4. The van der Waals surface area contributed by atoms with E-state index in [1.54, 1.807) is 11.9 Å². The van der Waals surface area contributed by atoms with E-state index < -0.39 is 0 Å². The number of carbonyl (C=O) groups excluding carboxylic acids is 2. The monoisotopic (exact) mass is 293 g/mol. The number of carbonyl (C=O) groups is 2. The van der Waals surface area contributed by atoms with Crippen molar-refractivity contribution >= 4 is 11.9 Å². The molecule has 116 valence electrons. The molecule has 0 unspecified atom stereocenters. The van der Waals surface area contributed by atoms with Crippen LogP contribution < -0.4 is 4.74 Å². The van der Waals surface area contributed by atoms with Crippen LogP contribution in [0.4, 0.5) is 0 Å². The standard InChI is InChI=1S/C16H23NO4/c1-13-6-8-14(9-7-13)21-12-4-5-15(18)17(2)11-10-16(19)20-3/h6-9H,4-5,10-12H2,1-3H3. The number of hydrogen-bond donors (Lipinski definition) is 0. The number of nitrogens with zero attached hydrogens (tertiary/aromatic N) is 1. The summed E-state index contributed by atoms with van der Waals surface area (Å²) in [4.78, 5) is 24.4. The van der Waals surface area contributed by atoms with Gasteiger partial charge in [0, 0.05) is 20.0 Å². The first-order valence-corrected chi connectivity index (χ1v) is 7.03. The quantitative estimate of drug-likeness (QED) is 0.544. The highest BCUT2D eigenvalue weighted by molar-refractivity contribution is 5.76. The fourth-order valence-electron chi connectivity index (χ4n) is 1.72. The minimum absolute atomic E-state index is 0.00593. The minimum atomic E-state index is -0.308. The van der Waals surface area contributed by atoms with Gasteiger partial charge in [0.1, 0.15) is 5.75 Å². The van der Waals surface area contributed by atoms with E-state index in [1.807, 2.05) is 31.2 Å². The Kier molecular flexibility index (Phi) is 7.29. The van der Waals surface area contributed by atoms with Gasteiger partial charge in [0.15, 0.2) is 0 Å². The highest BCUT2D eigenvalue weighted by atomic mass is 16.5. The van der Waals surface area contributed by atoms with Crippen molar-refractivity contribution in [3.63, 3.8) is 0 Å². The molecule has 0 aromatic heterocycles. The lowest BCUT2D eigenvalue weighted by molar-refractivity contribution is -0.141. The summed E-state index contributed by atoms with van der Waals surface area (Å²) in [5, 5.41) is 0. The van der Waals surface area contributed by atoms with Crippen LogP contribution in [0.5, 0.6) is 5.75 Å².